The van der Waals surface area contributed by atoms with E-state index < -0.39 is 0 Å². The minimum Gasteiger partial charge on any atom is -0.311 e. The van der Waals surface area contributed by atoms with Gasteiger partial charge in [0, 0.05) is 44.1 Å². The van der Waals surface area contributed by atoms with Gasteiger partial charge in [-0.15, -0.1) is 0 Å². The molecule has 106 valence electrons. The normalized spacial score (nSPS) is 25.5. The van der Waals surface area contributed by atoms with Crippen LogP contribution in [0.2, 0.25) is 0 Å². The Labute approximate surface area is 116 Å². The maximum atomic E-state index is 4.09. The van der Waals surface area contributed by atoms with Crippen molar-refractivity contribution in [2.24, 2.45) is 0 Å². The second-order valence-corrected chi connectivity index (χ2v) is 5.84. The summed E-state index contributed by atoms with van der Waals surface area (Å²) in [5.41, 5.74) is 1.35. The van der Waals surface area contributed by atoms with Gasteiger partial charge in [-0.2, -0.15) is 0 Å². The number of aromatic nitrogens is 1. The third kappa shape index (κ3) is 4.56. The van der Waals surface area contributed by atoms with Crippen molar-refractivity contribution in [3.63, 3.8) is 0 Å². The fourth-order valence-electron chi connectivity index (χ4n) is 2.71. The van der Waals surface area contributed by atoms with Gasteiger partial charge in [0.2, 0.25) is 0 Å². The zero-order valence-corrected chi connectivity index (χ0v) is 12.3. The van der Waals surface area contributed by atoms with Gasteiger partial charge < -0.3 is 10.2 Å². The lowest BCUT2D eigenvalue weighted by Crippen LogP contribution is -2.45. The molecule has 2 unspecified atom stereocenters. The smallest absolute Gasteiger partial charge is 0.0322 e. The molecule has 1 N–H and O–H groups in total. The first kappa shape index (κ1) is 14.4. The summed E-state index contributed by atoms with van der Waals surface area (Å²) in [5.74, 6) is 0. The van der Waals surface area contributed by atoms with Gasteiger partial charge in [-0.05, 0) is 51.7 Å². The predicted molar refractivity (Wildman–Crippen MR) is 79.1 cm³/mol. The molecule has 0 aliphatic carbocycles. The van der Waals surface area contributed by atoms with E-state index in [2.05, 4.69) is 53.3 Å². The number of hydrogen-bond acceptors (Lipinski definition) is 4. The van der Waals surface area contributed by atoms with Gasteiger partial charge in [0.1, 0.15) is 0 Å². The highest BCUT2D eigenvalue weighted by Gasteiger charge is 2.23. The molecule has 2 atom stereocenters. The van der Waals surface area contributed by atoms with E-state index in [9.17, 15) is 0 Å². The van der Waals surface area contributed by atoms with Crippen LogP contribution in [0, 0.1) is 0 Å². The van der Waals surface area contributed by atoms with E-state index >= 15 is 0 Å². The van der Waals surface area contributed by atoms with Gasteiger partial charge in [-0.25, -0.2) is 0 Å². The summed E-state index contributed by atoms with van der Waals surface area (Å²) in [5, 5.41) is 3.66. The van der Waals surface area contributed by atoms with Crippen molar-refractivity contribution in [3.05, 3.63) is 30.1 Å². The third-order valence-electron chi connectivity index (χ3n) is 3.79. The summed E-state index contributed by atoms with van der Waals surface area (Å²) in [6.07, 6.45) is 4.98. The van der Waals surface area contributed by atoms with Crippen molar-refractivity contribution >= 4 is 0 Å². The molecule has 2 heterocycles. The second kappa shape index (κ2) is 6.98. The van der Waals surface area contributed by atoms with E-state index in [1.807, 2.05) is 12.4 Å². The highest BCUT2D eigenvalue weighted by Crippen LogP contribution is 2.13. The van der Waals surface area contributed by atoms with Crippen molar-refractivity contribution in [3.8, 4) is 0 Å². The quantitative estimate of drug-likeness (QED) is 0.883. The molecule has 0 spiro atoms. The Morgan fingerprint density at radius 3 is 2.79 bits per heavy atom. The Morgan fingerprint density at radius 2 is 2.11 bits per heavy atom. The lowest BCUT2D eigenvalue weighted by Gasteiger charge is -2.30. The number of rotatable bonds is 4. The Hall–Kier alpha value is -0.970. The average molecular weight is 262 g/mol. The summed E-state index contributed by atoms with van der Waals surface area (Å²) in [6.45, 7) is 6.68. The van der Waals surface area contributed by atoms with Gasteiger partial charge in [0.25, 0.3) is 0 Å². The van der Waals surface area contributed by atoms with Crippen LogP contribution in [0.5, 0.6) is 0 Å². The molecule has 0 bridgehead atoms. The van der Waals surface area contributed by atoms with Crippen molar-refractivity contribution in [2.75, 3.05) is 33.7 Å². The topological polar surface area (TPSA) is 31.4 Å². The maximum absolute atomic E-state index is 4.09. The number of hydrogen-bond donors (Lipinski definition) is 1. The second-order valence-electron chi connectivity index (χ2n) is 5.84. The predicted octanol–water partition coefficient (Wildman–Crippen LogP) is 1.20. The van der Waals surface area contributed by atoms with E-state index in [0.717, 1.165) is 26.2 Å². The number of nitrogens with one attached hydrogen (secondary N) is 1. The van der Waals surface area contributed by atoms with Crippen LogP contribution in [0.1, 0.15) is 18.9 Å². The fraction of sp³-hybridized carbons (Fsp3) is 0.667. The largest absolute Gasteiger partial charge is 0.311 e. The number of nitrogens with zero attached hydrogens (tertiary/aromatic N) is 3. The van der Waals surface area contributed by atoms with E-state index in [1.54, 1.807) is 0 Å². The minimum absolute atomic E-state index is 0.557. The first-order valence-corrected chi connectivity index (χ1v) is 7.16. The summed E-state index contributed by atoms with van der Waals surface area (Å²) in [6, 6.07) is 5.42. The standard InChI is InChI=1S/C15H26N4/c1-13-4-9-17-15(11-18(2)3)12-19(13)10-14-5-7-16-8-6-14/h5-8,13,15,17H,4,9-12H2,1-3H3. The lowest BCUT2D eigenvalue weighted by molar-refractivity contribution is 0.185. The summed E-state index contributed by atoms with van der Waals surface area (Å²) < 4.78 is 0. The third-order valence-corrected chi connectivity index (χ3v) is 3.79. The monoisotopic (exact) mass is 262 g/mol. The molecule has 1 aromatic heterocycles. The highest BCUT2D eigenvalue weighted by atomic mass is 15.2. The Balaban J connectivity index is 1.99. The van der Waals surface area contributed by atoms with E-state index in [1.165, 1.54) is 12.0 Å². The van der Waals surface area contributed by atoms with E-state index in [4.69, 9.17) is 0 Å². The molecule has 19 heavy (non-hydrogen) atoms. The first-order valence-electron chi connectivity index (χ1n) is 7.16. The zero-order valence-electron chi connectivity index (χ0n) is 12.3. The maximum Gasteiger partial charge on any atom is 0.0322 e. The van der Waals surface area contributed by atoms with Gasteiger partial charge >= 0.3 is 0 Å². The number of likely N-dealkylation sites (N-methyl/N-ethyl adjacent to an activating group) is 1. The average Bonchev–Trinajstić information content (AvgIpc) is 2.53. The van der Waals surface area contributed by atoms with Crippen LogP contribution in [0.25, 0.3) is 0 Å². The van der Waals surface area contributed by atoms with Gasteiger partial charge in [0.05, 0.1) is 0 Å². The Morgan fingerprint density at radius 1 is 1.37 bits per heavy atom. The molecule has 0 aromatic carbocycles. The molecule has 1 aliphatic heterocycles. The SMILES string of the molecule is CC1CCNC(CN(C)C)CN1Cc1ccncc1. The summed E-state index contributed by atoms with van der Waals surface area (Å²) >= 11 is 0. The molecule has 0 radical (unpaired) electrons. The first-order chi connectivity index (χ1) is 9.15. The molecular formula is C15H26N4. The van der Waals surface area contributed by atoms with Gasteiger partial charge in [-0.3, -0.25) is 9.88 Å². The zero-order chi connectivity index (χ0) is 13.7. The Kier molecular flexibility index (Phi) is 5.31. The van der Waals surface area contributed by atoms with Gasteiger partial charge in [0.15, 0.2) is 0 Å². The molecule has 1 aromatic rings. The molecule has 4 heteroatoms. The molecule has 0 saturated carbocycles. The van der Waals surface area contributed by atoms with Gasteiger partial charge in [-0.1, -0.05) is 0 Å². The van der Waals surface area contributed by atoms with Crippen LogP contribution in [0.3, 0.4) is 0 Å². The van der Waals surface area contributed by atoms with Crippen molar-refractivity contribution in [1.82, 2.24) is 20.1 Å². The highest BCUT2D eigenvalue weighted by molar-refractivity contribution is 5.09. The lowest BCUT2D eigenvalue weighted by atomic mass is 10.1. The van der Waals surface area contributed by atoms with E-state index in [-0.39, 0.29) is 0 Å². The Bertz CT molecular complexity index is 366. The van der Waals surface area contributed by atoms with Crippen molar-refractivity contribution < 1.29 is 0 Å². The molecule has 1 aliphatic rings. The van der Waals surface area contributed by atoms with Crippen LogP contribution in [0.15, 0.2) is 24.5 Å². The van der Waals surface area contributed by atoms with E-state index in [0.29, 0.717) is 12.1 Å². The summed E-state index contributed by atoms with van der Waals surface area (Å²) in [4.78, 5) is 8.94. The minimum atomic E-state index is 0.557. The van der Waals surface area contributed by atoms with Crippen molar-refractivity contribution in [1.29, 1.82) is 0 Å². The number of pyridine rings is 1. The fourth-order valence-corrected chi connectivity index (χ4v) is 2.71. The van der Waals surface area contributed by atoms with Crippen LogP contribution in [-0.4, -0.2) is 60.6 Å². The molecule has 0 amide bonds. The summed E-state index contributed by atoms with van der Waals surface area (Å²) in [7, 11) is 4.28. The van der Waals surface area contributed by atoms with Crippen LogP contribution in [-0.2, 0) is 6.54 Å². The van der Waals surface area contributed by atoms with Crippen LogP contribution < -0.4 is 5.32 Å². The molecule has 1 fully saturated rings. The van der Waals surface area contributed by atoms with Crippen molar-refractivity contribution in [2.45, 2.75) is 32.0 Å². The molecule has 2 rings (SSSR count). The van der Waals surface area contributed by atoms with Crippen LogP contribution >= 0.6 is 0 Å². The molecule has 1 saturated heterocycles. The molecule has 4 nitrogen and oxygen atoms in total. The molecular weight excluding hydrogens is 236 g/mol. The van der Waals surface area contributed by atoms with Crippen LogP contribution in [0.4, 0.5) is 0 Å².